The first-order valence-corrected chi connectivity index (χ1v) is 15.9. The molecule has 0 saturated carbocycles. The summed E-state index contributed by atoms with van der Waals surface area (Å²) in [6, 6.07) is 6.67. The molecule has 44 heavy (non-hydrogen) atoms. The third-order valence-corrected chi connectivity index (χ3v) is 6.73. The number of amides is 1. The predicted molar refractivity (Wildman–Crippen MR) is 185 cm³/mol. The first kappa shape index (κ1) is 38.3. The second-order valence-corrected chi connectivity index (χ2v) is 11.5. The minimum atomic E-state index is -0.536. The van der Waals surface area contributed by atoms with Gasteiger partial charge in [-0.05, 0) is 73.5 Å². The van der Waals surface area contributed by atoms with Crippen LogP contribution >= 0.6 is 0 Å². The molecule has 1 amide bonds. The Morgan fingerprint density at radius 2 is 1.77 bits per heavy atom. The SMILES string of the molecule is C/C=C(/c1ccccc1F)c1c(C)ncnc1N1CCN(C(=O)OC(C)(C)C)C(C)C1.CC.C\C=C/C=C\C=C(/C)CCC. The third-order valence-electron chi connectivity index (χ3n) is 6.73. The highest BCUT2D eigenvalue weighted by molar-refractivity contribution is 5.86. The highest BCUT2D eigenvalue weighted by atomic mass is 19.1. The largest absolute Gasteiger partial charge is 0.444 e. The maximum atomic E-state index is 14.6. The Hall–Kier alpha value is -3.74. The van der Waals surface area contributed by atoms with Crippen LogP contribution < -0.4 is 4.90 Å². The Kier molecular flexibility index (Phi) is 17.0. The number of aryl methyl sites for hydroxylation is 1. The maximum absolute atomic E-state index is 14.6. The van der Waals surface area contributed by atoms with Crippen molar-refractivity contribution in [1.29, 1.82) is 0 Å². The van der Waals surface area contributed by atoms with E-state index in [4.69, 9.17) is 4.74 Å². The number of hydrogen-bond donors (Lipinski definition) is 0. The van der Waals surface area contributed by atoms with Crippen LogP contribution in [-0.4, -0.2) is 52.2 Å². The van der Waals surface area contributed by atoms with E-state index in [1.54, 1.807) is 17.0 Å². The van der Waals surface area contributed by atoms with Crippen molar-refractivity contribution >= 4 is 17.5 Å². The summed E-state index contributed by atoms with van der Waals surface area (Å²) in [7, 11) is 0. The lowest BCUT2D eigenvalue weighted by molar-refractivity contribution is 0.0158. The molecule has 7 heteroatoms. The molecule has 0 bridgehead atoms. The number of ether oxygens (including phenoxy) is 1. The second kappa shape index (κ2) is 19.5. The van der Waals surface area contributed by atoms with Crippen LogP contribution in [0.2, 0.25) is 0 Å². The molecule has 1 fully saturated rings. The summed E-state index contributed by atoms with van der Waals surface area (Å²) in [4.78, 5) is 25.4. The average molecular weight is 607 g/mol. The quantitative estimate of drug-likeness (QED) is 0.294. The molecule has 1 aromatic heterocycles. The van der Waals surface area contributed by atoms with Gasteiger partial charge in [0.25, 0.3) is 0 Å². The van der Waals surface area contributed by atoms with Crippen molar-refractivity contribution in [2.24, 2.45) is 0 Å². The molecule has 0 N–H and O–H groups in total. The van der Waals surface area contributed by atoms with E-state index in [9.17, 15) is 9.18 Å². The zero-order valence-electron chi connectivity index (χ0n) is 28.9. The third kappa shape index (κ3) is 12.1. The van der Waals surface area contributed by atoms with Crippen LogP contribution in [-0.2, 0) is 4.74 Å². The molecule has 1 saturated heterocycles. The number of rotatable bonds is 7. The zero-order chi connectivity index (χ0) is 33.3. The predicted octanol–water partition coefficient (Wildman–Crippen LogP) is 9.71. The van der Waals surface area contributed by atoms with Gasteiger partial charge in [-0.1, -0.05) is 87.4 Å². The number of aromatic nitrogens is 2. The van der Waals surface area contributed by atoms with Crippen molar-refractivity contribution < 1.29 is 13.9 Å². The molecular weight excluding hydrogens is 551 g/mol. The topological polar surface area (TPSA) is 58.6 Å². The number of nitrogens with zero attached hydrogens (tertiary/aromatic N) is 4. The fraction of sp³-hybridized carbons (Fsp3) is 0.486. The van der Waals surface area contributed by atoms with Gasteiger partial charge >= 0.3 is 6.09 Å². The van der Waals surface area contributed by atoms with Crippen LogP contribution in [0.5, 0.6) is 0 Å². The number of piperazine rings is 1. The molecule has 242 valence electrons. The Balaban J connectivity index is 0.000000630. The molecule has 0 radical (unpaired) electrons. The Morgan fingerprint density at radius 1 is 1.09 bits per heavy atom. The first-order valence-electron chi connectivity index (χ1n) is 15.9. The van der Waals surface area contributed by atoms with E-state index in [-0.39, 0.29) is 18.0 Å². The van der Waals surface area contributed by atoms with E-state index >= 15 is 0 Å². The van der Waals surface area contributed by atoms with Gasteiger partial charge in [-0.3, -0.25) is 0 Å². The van der Waals surface area contributed by atoms with E-state index in [0.29, 0.717) is 25.2 Å². The summed E-state index contributed by atoms with van der Waals surface area (Å²) in [6.07, 6.45) is 15.9. The lowest BCUT2D eigenvalue weighted by Gasteiger charge is -2.41. The Morgan fingerprint density at radius 3 is 2.34 bits per heavy atom. The molecule has 2 heterocycles. The van der Waals surface area contributed by atoms with Gasteiger partial charge in [0, 0.05) is 36.8 Å². The van der Waals surface area contributed by atoms with Crippen LogP contribution in [0.1, 0.15) is 98.9 Å². The summed E-state index contributed by atoms with van der Waals surface area (Å²) < 4.78 is 20.2. The van der Waals surface area contributed by atoms with Crippen LogP contribution in [0.4, 0.5) is 15.0 Å². The van der Waals surface area contributed by atoms with Gasteiger partial charge in [0.05, 0.1) is 5.69 Å². The summed E-state index contributed by atoms with van der Waals surface area (Å²) in [5.74, 6) is 0.465. The molecule has 1 atom stereocenters. The number of halogens is 1. The summed E-state index contributed by atoms with van der Waals surface area (Å²) in [5, 5.41) is 0. The summed E-state index contributed by atoms with van der Waals surface area (Å²) in [5.41, 5.74) is 3.79. The molecule has 3 rings (SSSR count). The minimum Gasteiger partial charge on any atom is -0.444 e. The number of anilines is 1. The van der Waals surface area contributed by atoms with Crippen molar-refractivity contribution in [3.8, 4) is 0 Å². The van der Waals surface area contributed by atoms with Crippen molar-refractivity contribution in [1.82, 2.24) is 14.9 Å². The van der Waals surface area contributed by atoms with Crippen molar-refractivity contribution in [3.05, 3.63) is 95.3 Å². The summed E-state index contributed by atoms with van der Waals surface area (Å²) in [6.45, 7) is 23.5. The number of carbonyl (C=O) groups is 1. The second-order valence-electron chi connectivity index (χ2n) is 11.5. The van der Waals surface area contributed by atoms with Crippen molar-refractivity contribution in [2.75, 3.05) is 24.5 Å². The van der Waals surface area contributed by atoms with Crippen LogP contribution in [0.3, 0.4) is 0 Å². The van der Waals surface area contributed by atoms with Gasteiger partial charge in [0.2, 0.25) is 0 Å². The van der Waals surface area contributed by atoms with E-state index in [1.165, 1.54) is 30.8 Å². The van der Waals surface area contributed by atoms with Gasteiger partial charge in [0.15, 0.2) is 0 Å². The molecule has 6 nitrogen and oxygen atoms in total. The molecule has 1 aliphatic heterocycles. The lowest BCUT2D eigenvalue weighted by Crippen LogP contribution is -2.55. The first-order chi connectivity index (χ1) is 20.9. The Bertz CT molecular complexity index is 1290. The molecule has 1 aromatic carbocycles. The normalized spacial score (nSPS) is 16.0. The van der Waals surface area contributed by atoms with Crippen molar-refractivity contribution in [3.63, 3.8) is 0 Å². The molecular formula is C37H55FN4O2. The van der Waals surface area contributed by atoms with E-state index in [1.807, 2.05) is 86.6 Å². The fourth-order valence-electron chi connectivity index (χ4n) is 4.74. The molecule has 2 aromatic rings. The van der Waals surface area contributed by atoms with Gasteiger partial charge in [-0.25, -0.2) is 19.2 Å². The van der Waals surface area contributed by atoms with Gasteiger partial charge in [-0.15, -0.1) is 0 Å². The van der Waals surface area contributed by atoms with Crippen molar-refractivity contribution in [2.45, 2.75) is 101 Å². The smallest absolute Gasteiger partial charge is 0.410 e. The van der Waals surface area contributed by atoms with Gasteiger partial charge < -0.3 is 14.5 Å². The lowest BCUT2D eigenvalue weighted by atomic mass is 9.95. The summed E-state index contributed by atoms with van der Waals surface area (Å²) >= 11 is 0. The van der Waals surface area contributed by atoms with Gasteiger partial charge in [-0.2, -0.15) is 0 Å². The highest BCUT2D eigenvalue weighted by Gasteiger charge is 2.32. The fourth-order valence-corrected chi connectivity index (χ4v) is 4.74. The minimum absolute atomic E-state index is 0.0609. The van der Waals surface area contributed by atoms with Crippen LogP contribution in [0, 0.1) is 12.7 Å². The van der Waals surface area contributed by atoms with Crippen LogP contribution in [0.25, 0.3) is 5.57 Å². The van der Waals surface area contributed by atoms with Crippen LogP contribution in [0.15, 0.2) is 72.6 Å². The van der Waals surface area contributed by atoms with E-state index in [2.05, 4.69) is 46.9 Å². The molecule has 1 aliphatic rings. The van der Waals surface area contributed by atoms with Gasteiger partial charge in [0.1, 0.15) is 23.6 Å². The highest BCUT2D eigenvalue weighted by Crippen LogP contribution is 2.34. The number of carbonyl (C=O) groups excluding carboxylic acids is 1. The monoisotopic (exact) mass is 606 g/mol. The molecule has 0 spiro atoms. The number of benzene rings is 1. The average Bonchev–Trinajstić information content (AvgIpc) is 2.98. The van der Waals surface area contributed by atoms with E-state index < -0.39 is 5.60 Å². The Labute approximate surface area is 266 Å². The molecule has 1 unspecified atom stereocenters. The number of allylic oxidation sites excluding steroid dienone is 7. The zero-order valence-corrected chi connectivity index (χ0v) is 28.9. The van der Waals surface area contributed by atoms with E-state index in [0.717, 1.165) is 22.6 Å². The number of hydrogen-bond acceptors (Lipinski definition) is 5. The maximum Gasteiger partial charge on any atom is 0.410 e. The standard InChI is InChI=1S/C24H31FN4O2.C11H18.C2H6/c1-7-18(19-10-8-9-11-20(19)25)21-17(3)26-15-27-22(21)28-12-13-29(16(2)14-28)23(30)31-24(4,5)6;1-4-6-7-8-10-11(3)9-5-2;1-2/h7-11,15-16H,12-14H2,1-6H3;4,6-8,10H,5,9H2,1-3H3;1-2H3/b18-7-;6-4-,8-7-,11-10+;. The molecule has 0 aliphatic carbocycles.